The van der Waals surface area contributed by atoms with Crippen molar-refractivity contribution in [1.29, 1.82) is 0 Å². The summed E-state index contributed by atoms with van der Waals surface area (Å²) in [6, 6.07) is 0.398. The van der Waals surface area contributed by atoms with Crippen molar-refractivity contribution in [2.75, 3.05) is 6.54 Å². The van der Waals surface area contributed by atoms with Gasteiger partial charge in [0, 0.05) is 12.5 Å². The second kappa shape index (κ2) is 6.44. The van der Waals surface area contributed by atoms with Crippen LogP contribution >= 0.6 is 0 Å². The van der Waals surface area contributed by atoms with Crippen LogP contribution in [0.4, 0.5) is 0 Å². The van der Waals surface area contributed by atoms with Crippen molar-refractivity contribution in [1.82, 2.24) is 15.5 Å². The number of nitrogens with zero attached hydrogens (tertiary/aromatic N) is 2. The van der Waals surface area contributed by atoms with Gasteiger partial charge in [0.2, 0.25) is 5.89 Å². The van der Waals surface area contributed by atoms with Crippen molar-refractivity contribution in [2.45, 2.75) is 77.0 Å². The fraction of sp³-hybridized carbons (Fsp3) is 0.875. The Balaban J connectivity index is 1.61. The predicted octanol–water partition coefficient (Wildman–Crippen LogP) is 2.67. The predicted molar refractivity (Wildman–Crippen MR) is 80.2 cm³/mol. The molecule has 2 aliphatic rings. The SMILES string of the molecule is CCCNC(Cc1nc(C2CC3CCC2O3)no1)C(C)C. The van der Waals surface area contributed by atoms with E-state index in [1.165, 1.54) is 6.42 Å². The van der Waals surface area contributed by atoms with Crippen molar-refractivity contribution in [3.63, 3.8) is 0 Å². The molecule has 118 valence electrons. The maximum atomic E-state index is 5.89. The number of nitrogens with one attached hydrogen (secondary N) is 1. The summed E-state index contributed by atoms with van der Waals surface area (Å²) in [5, 5.41) is 7.79. The molecule has 0 aromatic carbocycles. The van der Waals surface area contributed by atoms with E-state index >= 15 is 0 Å². The molecule has 2 bridgehead atoms. The molecule has 3 heterocycles. The Morgan fingerprint density at radius 1 is 1.33 bits per heavy atom. The minimum atomic E-state index is 0.319. The van der Waals surface area contributed by atoms with Crippen LogP contribution < -0.4 is 5.32 Å². The van der Waals surface area contributed by atoms with Gasteiger partial charge in [0.25, 0.3) is 0 Å². The zero-order valence-corrected chi connectivity index (χ0v) is 13.3. The van der Waals surface area contributed by atoms with Gasteiger partial charge in [0.05, 0.1) is 18.1 Å². The largest absolute Gasteiger partial charge is 0.374 e. The van der Waals surface area contributed by atoms with Crippen molar-refractivity contribution >= 4 is 0 Å². The molecule has 3 rings (SSSR count). The molecule has 1 aromatic heterocycles. The lowest BCUT2D eigenvalue weighted by Crippen LogP contribution is -2.36. The molecule has 5 heteroatoms. The quantitative estimate of drug-likeness (QED) is 0.837. The third-order valence-corrected chi connectivity index (χ3v) is 4.78. The van der Waals surface area contributed by atoms with Crippen LogP contribution in [-0.2, 0) is 11.2 Å². The lowest BCUT2D eigenvalue weighted by molar-refractivity contribution is 0.0996. The normalized spacial score (nSPS) is 29.4. The summed E-state index contributed by atoms with van der Waals surface area (Å²) >= 11 is 0. The third kappa shape index (κ3) is 3.29. The van der Waals surface area contributed by atoms with Crippen molar-refractivity contribution in [3.05, 3.63) is 11.7 Å². The highest BCUT2D eigenvalue weighted by Gasteiger charge is 2.43. The standard InChI is InChI=1S/C16H27N3O2/c1-4-7-17-13(10(2)3)9-15-18-16(19-21-15)12-8-11-5-6-14(12)20-11/h10-14,17H,4-9H2,1-3H3. The average molecular weight is 293 g/mol. The van der Waals surface area contributed by atoms with Crippen molar-refractivity contribution < 1.29 is 9.26 Å². The van der Waals surface area contributed by atoms with E-state index in [4.69, 9.17) is 9.26 Å². The van der Waals surface area contributed by atoms with Crippen molar-refractivity contribution in [2.24, 2.45) is 5.92 Å². The first-order valence-corrected chi connectivity index (χ1v) is 8.38. The van der Waals surface area contributed by atoms with Crippen LogP contribution in [0, 0.1) is 5.92 Å². The van der Waals surface area contributed by atoms with Crippen LogP contribution in [0.3, 0.4) is 0 Å². The number of hydrogen-bond donors (Lipinski definition) is 1. The van der Waals surface area contributed by atoms with Crippen LogP contribution in [0.1, 0.15) is 64.1 Å². The highest BCUT2D eigenvalue weighted by atomic mass is 16.5. The smallest absolute Gasteiger partial charge is 0.228 e. The third-order valence-electron chi connectivity index (χ3n) is 4.78. The van der Waals surface area contributed by atoms with Gasteiger partial charge in [0.1, 0.15) is 0 Å². The van der Waals surface area contributed by atoms with Crippen LogP contribution in [-0.4, -0.2) is 34.9 Å². The molecule has 5 nitrogen and oxygen atoms in total. The highest BCUT2D eigenvalue weighted by molar-refractivity contribution is 5.07. The molecule has 0 aliphatic carbocycles. The lowest BCUT2D eigenvalue weighted by atomic mass is 9.89. The Morgan fingerprint density at radius 3 is 2.81 bits per heavy atom. The maximum absolute atomic E-state index is 5.89. The molecule has 0 radical (unpaired) electrons. The van der Waals surface area contributed by atoms with Gasteiger partial charge in [-0.3, -0.25) is 0 Å². The number of ether oxygens (including phenoxy) is 1. The molecule has 1 N–H and O–H groups in total. The molecule has 2 aliphatic heterocycles. The first kappa shape index (κ1) is 15.0. The second-order valence-corrected chi connectivity index (χ2v) is 6.77. The van der Waals surface area contributed by atoms with Gasteiger partial charge < -0.3 is 14.6 Å². The van der Waals surface area contributed by atoms with E-state index in [1.807, 2.05) is 0 Å². The van der Waals surface area contributed by atoms with Crippen LogP contribution in [0.5, 0.6) is 0 Å². The molecule has 2 saturated heterocycles. The topological polar surface area (TPSA) is 60.2 Å². The van der Waals surface area contributed by atoms with Gasteiger partial charge in [-0.2, -0.15) is 4.98 Å². The zero-order valence-electron chi connectivity index (χ0n) is 13.3. The molecule has 2 fully saturated rings. The second-order valence-electron chi connectivity index (χ2n) is 6.77. The van der Waals surface area contributed by atoms with E-state index in [9.17, 15) is 0 Å². The molecule has 21 heavy (non-hydrogen) atoms. The van der Waals surface area contributed by atoms with Gasteiger partial charge in [-0.1, -0.05) is 25.9 Å². The molecule has 0 spiro atoms. The Morgan fingerprint density at radius 2 is 2.19 bits per heavy atom. The minimum Gasteiger partial charge on any atom is -0.374 e. The van der Waals surface area contributed by atoms with Crippen LogP contribution in [0.15, 0.2) is 4.52 Å². The fourth-order valence-electron chi connectivity index (χ4n) is 3.47. The molecule has 1 aromatic rings. The number of hydrogen-bond acceptors (Lipinski definition) is 5. The monoisotopic (exact) mass is 293 g/mol. The Hall–Kier alpha value is -0.940. The summed E-state index contributed by atoms with van der Waals surface area (Å²) in [6.45, 7) is 7.68. The first-order chi connectivity index (χ1) is 10.2. The van der Waals surface area contributed by atoms with Crippen LogP contribution in [0.25, 0.3) is 0 Å². The summed E-state index contributed by atoms with van der Waals surface area (Å²) in [5.74, 6) is 2.52. The Labute approximate surface area is 126 Å². The van der Waals surface area contributed by atoms with E-state index in [1.54, 1.807) is 0 Å². The van der Waals surface area contributed by atoms with E-state index in [2.05, 4.69) is 36.2 Å². The van der Waals surface area contributed by atoms with Gasteiger partial charge in [-0.25, -0.2) is 0 Å². The summed E-state index contributed by atoms with van der Waals surface area (Å²) in [7, 11) is 0. The molecule has 0 saturated carbocycles. The summed E-state index contributed by atoms with van der Waals surface area (Å²) in [6.07, 6.45) is 6.10. The Kier molecular flexibility index (Phi) is 4.60. The number of rotatable bonds is 7. The molecule has 4 unspecified atom stereocenters. The van der Waals surface area contributed by atoms with Gasteiger partial charge in [-0.05, 0) is 38.1 Å². The fourth-order valence-corrected chi connectivity index (χ4v) is 3.47. The van der Waals surface area contributed by atoms with Crippen molar-refractivity contribution in [3.8, 4) is 0 Å². The maximum Gasteiger partial charge on any atom is 0.228 e. The van der Waals surface area contributed by atoms with Gasteiger partial charge in [0.15, 0.2) is 5.82 Å². The van der Waals surface area contributed by atoms with Crippen LogP contribution in [0.2, 0.25) is 0 Å². The molecular weight excluding hydrogens is 266 g/mol. The van der Waals surface area contributed by atoms with Gasteiger partial charge in [-0.15, -0.1) is 0 Å². The summed E-state index contributed by atoms with van der Waals surface area (Å²) in [5.41, 5.74) is 0. The first-order valence-electron chi connectivity index (χ1n) is 8.38. The summed E-state index contributed by atoms with van der Waals surface area (Å²) in [4.78, 5) is 4.64. The minimum absolute atomic E-state index is 0.319. The Bertz CT molecular complexity index is 460. The molecular formula is C16H27N3O2. The summed E-state index contributed by atoms with van der Waals surface area (Å²) < 4.78 is 11.4. The molecule has 0 amide bonds. The van der Waals surface area contributed by atoms with E-state index in [0.29, 0.717) is 30.1 Å². The number of aromatic nitrogens is 2. The van der Waals surface area contributed by atoms with E-state index in [0.717, 1.165) is 43.9 Å². The highest BCUT2D eigenvalue weighted by Crippen LogP contribution is 2.43. The number of fused-ring (bicyclic) bond motifs is 2. The van der Waals surface area contributed by atoms with E-state index < -0.39 is 0 Å². The van der Waals surface area contributed by atoms with Gasteiger partial charge >= 0.3 is 0 Å². The van der Waals surface area contributed by atoms with E-state index in [-0.39, 0.29) is 0 Å². The lowest BCUT2D eigenvalue weighted by Gasteiger charge is -2.20. The zero-order chi connectivity index (χ0) is 14.8. The molecule has 4 atom stereocenters. The average Bonchev–Trinajstić information content (AvgIpc) is 3.18.